The van der Waals surface area contributed by atoms with Gasteiger partial charge < -0.3 is 4.74 Å². The lowest BCUT2D eigenvalue weighted by molar-refractivity contribution is 0.155. The molecular weight excluding hydrogens is 529 g/mol. The van der Waals surface area contributed by atoms with Crippen LogP contribution < -0.4 is 4.74 Å². The molecule has 3 aromatic rings. The fourth-order valence-corrected chi connectivity index (χ4v) is 7.48. The van der Waals surface area contributed by atoms with Crippen molar-refractivity contribution >= 4 is 0 Å². The second-order valence-corrected chi connectivity index (χ2v) is 12.8. The van der Waals surface area contributed by atoms with Crippen LogP contribution in [0.25, 0.3) is 22.3 Å². The molecule has 0 bridgehead atoms. The summed E-state index contributed by atoms with van der Waals surface area (Å²) in [5.74, 6) is 0.918. The van der Waals surface area contributed by atoms with E-state index in [2.05, 4.69) is 13.0 Å². The zero-order valence-corrected chi connectivity index (χ0v) is 25.4. The Labute approximate surface area is 250 Å². The van der Waals surface area contributed by atoms with Gasteiger partial charge in [0.15, 0.2) is 11.6 Å². The summed E-state index contributed by atoms with van der Waals surface area (Å²) in [6.45, 7) is 4.53. The number of rotatable bonds is 11. The van der Waals surface area contributed by atoms with Crippen molar-refractivity contribution in [2.75, 3.05) is 6.61 Å². The maximum atomic E-state index is 15.4. The molecule has 0 N–H and O–H groups in total. The Kier molecular flexibility index (Phi) is 10.7. The van der Waals surface area contributed by atoms with Gasteiger partial charge in [-0.25, -0.2) is 8.78 Å². The molecule has 5 rings (SSSR count). The normalized spacial score (nSPS) is 22.7. The van der Waals surface area contributed by atoms with Gasteiger partial charge in [-0.1, -0.05) is 88.8 Å². The van der Waals surface area contributed by atoms with E-state index in [9.17, 15) is 8.78 Å². The standard InChI is InChI=1S/C38H47F3O/c1-3-5-6-7-26-8-10-27(11-9-26)28-12-14-29(15-13-28)32-20-21-33(35(39)25-32)30-16-18-31(19-17-30)34-22-23-36(42-24-4-2)38(41)37(34)40/h16-23,25-29H,3-15,24H2,1-2H3. The smallest absolute Gasteiger partial charge is 0.201 e. The second-order valence-electron chi connectivity index (χ2n) is 12.8. The molecule has 0 spiro atoms. The molecule has 2 aliphatic rings. The quantitative estimate of drug-likeness (QED) is 0.206. The summed E-state index contributed by atoms with van der Waals surface area (Å²) in [5.41, 5.74) is 3.06. The minimum absolute atomic E-state index is 0.0781. The summed E-state index contributed by atoms with van der Waals surface area (Å²) < 4.78 is 49.9. The molecular formula is C38H47F3O. The molecule has 0 amide bonds. The Balaban J connectivity index is 1.17. The van der Waals surface area contributed by atoms with Crippen LogP contribution in [0.5, 0.6) is 5.75 Å². The van der Waals surface area contributed by atoms with E-state index in [-0.39, 0.29) is 17.1 Å². The maximum absolute atomic E-state index is 15.4. The number of hydrogen-bond acceptors (Lipinski definition) is 1. The molecule has 0 aliphatic heterocycles. The topological polar surface area (TPSA) is 9.23 Å². The summed E-state index contributed by atoms with van der Waals surface area (Å²) in [6, 6.07) is 15.7. The van der Waals surface area contributed by atoms with Gasteiger partial charge in [0.1, 0.15) is 5.82 Å². The molecule has 2 saturated carbocycles. The maximum Gasteiger partial charge on any atom is 0.201 e. The first-order chi connectivity index (χ1) is 20.5. The highest BCUT2D eigenvalue weighted by atomic mass is 19.2. The highest BCUT2D eigenvalue weighted by molar-refractivity contribution is 5.71. The number of hydrogen-bond donors (Lipinski definition) is 0. The molecule has 0 unspecified atom stereocenters. The monoisotopic (exact) mass is 576 g/mol. The van der Waals surface area contributed by atoms with Crippen molar-refractivity contribution < 1.29 is 17.9 Å². The van der Waals surface area contributed by atoms with E-state index in [0.717, 1.165) is 41.7 Å². The highest BCUT2D eigenvalue weighted by Crippen LogP contribution is 2.45. The van der Waals surface area contributed by atoms with Crippen LogP contribution in [0.2, 0.25) is 0 Å². The average Bonchev–Trinajstić information content (AvgIpc) is 3.02. The van der Waals surface area contributed by atoms with Crippen LogP contribution >= 0.6 is 0 Å². The van der Waals surface area contributed by atoms with E-state index in [1.165, 1.54) is 76.3 Å². The van der Waals surface area contributed by atoms with Gasteiger partial charge in [-0.05, 0) is 104 Å². The van der Waals surface area contributed by atoms with E-state index in [0.29, 0.717) is 30.1 Å². The predicted octanol–water partition coefficient (Wildman–Crippen LogP) is 11.9. The Bertz CT molecular complexity index is 1280. The Hall–Kier alpha value is -2.75. The van der Waals surface area contributed by atoms with E-state index in [4.69, 9.17) is 4.74 Å². The number of halogens is 3. The third kappa shape index (κ3) is 7.24. The van der Waals surface area contributed by atoms with Crippen LogP contribution in [0.3, 0.4) is 0 Å². The molecule has 0 atom stereocenters. The van der Waals surface area contributed by atoms with Crippen LogP contribution in [0.4, 0.5) is 13.2 Å². The van der Waals surface area contributed by atoms with Crippen LogP contribution in [0.1, 0.15) is 109 Å². The van der Waals surface area contributed by atoms with E-state index in [1.807, 2.05) is 13.0 Å². The van der Waals surface area contributed by atoms with Crippen molar-refractivity contribution in [3.8, 4) is 28.0 Å². The van der Waals surface area contributed by atoms with Gasteiger partial charge in [0, 0.05) is 11.1 Å². The molecule has 4 heteroatoms. The molecule has 42 heavy (non-hydrogen) atoms. The number of benzene rings is 3. The van der Waals surface area contributed by atoms with E-state index >= 15 is 4.39 Å². The first kappa shape index (κ1) is 30.7. The Morgan fingerprint density at radius 1 is 0.643 bits per heavy atom. The molecule has 1 nitrogen and oxygen atoms in total. The lowest BCUT2D eigenvalue weighted by Crippen LogP contribution is -2.25. The second kappa shape index (κ2) is 14.6. The van der Waals surface area contributed by atoms with E-state index in [1.54, 1.807) is 30.3 Å². The van der Waals surface area contributed by atoms with Gasteiger partial charge in [-0.15, -0.1) is 0 Å². The van der Waals surface area contributed by atoms with Crippen molar-refractivity contribution in [1.29, 1.82) is 0 Å². The van der Waals surface area contributed by atoms with Crippen molar-refractivity contribution in [3.63, 3.8) is 0 Å². The average molecular weight is 577 g/mol. The fraction of sp³-hybridized carbons (Fsp3) is 0.526. The summed E-state index contributed by atoms with van der Waals surface area (Å²) in [4.78, 5) is 0. The summed E-state index contributed by atoms with van der Waals surface area (Å²) in [7, 11) is 0. The first-order valence-electron chi connectivity index (χ1n) is 16.5. The lowest BCUT2D eigenvalue weighted by atomic mass is 9.68. The van der Waals surface area contributed by atoms with Crippen molar-refractivity contribution in [2.45, 2.75) is 103 Å². The minimum atomic E-state index is -0.981. The van der Waals surface area contributed by atoms with Gasteiger partial charge in [0.2, 0.25) is 5.82 Å². The Morgan fingerprint density at radius 3 is 1.88 bits per heavy atom. The van der Waals surface area contributed by atoms with Gasteiger partial charge >= 0.3 is 0 Å². The van der Waals surface area contributed by atoms with Crippen molar-refractivity contribution in [2.24, 2.45) is 17.8 Å². The van der Waals surface area contributed by atoms with Crippen LogP contribution in [-0.2, 0) is 0 Å². The zero-order valence-electron chi connectivity index (χ0n) is 25.4. The summed E-state index contributed by atoms with van der Waals surface area (Å²) >= 11 is 0. The Morgan fingerprint density at radius 2 is 1.26 bits per heavy atom. The van der Waals surface area contributed by atoms with Crippen LogP contribution in [0, 0.1) is 35.2 Å². The SMILES string of the molecule is CCCCCC1CCC(C2CCC(c3ccc(-c4ccc(-c5ccc(OCCC)c(F)c5F)cc4)c(F)c3)CC2)CC1. The third-order valence-corrected chi connectivity index (χ3v) is 10.0. The zero-order chi connectivity index (χ0) is 29.5. The third-order valence-electron chi connectivity index (χ3n) is 10.0. The minimum Gasteiger partial charge on any atom is -0.490 e. The molecule has 0 radical (unpaired) electrons. The molecule has 0 heterocycles. The van der Waals surface area contributed by atoms with Crippen molar-refractivity contribution in [1.82, 2.24) is 0 Å². The molecule has 0 saturated heterocycles. The van der Waals surface area contributed by atoms with Crippen LogP contribution in [-0.4, -0.2) is 6.61 Å². The highest BCUT2D eigenvalue weighted by Gasteiger charge is 2.31. The largest absolute Gasteiger partial charge is 0.490 e. The molecule has 2 aliphatic carbocycles. The number of unbranched alkanes of at least 4 members (excludes halogenated alkanes) is 2. The molecule has 2 fully saturated rings. The molecule has 226 valence electrons. The molecule has 0 aromatic heterocycles. The number of ether oxygens (including phenoxy) is 1. The lowest BCUT2D eigenvalue weighted by Gasteiger charge is -2.38. The fourth-order valence-electron chi connectivity index (χ4n) is 7.48. The summed E-state index contributed by atoms with van der Waals surface area (Å²) in [6.07, 6.45) is 16.8. The van der Waals surface area contributed by atoms with E-state index < -0.39 is 11.6 Å². The van der Waals surface area contributed by atoms with Gasteiger partial charge in [-0.3, -0.25) is 0 Å². The van der Waals surface area contributed by atoms with Gasteiger partial charge in [-0.2, -0.15) is 4.39 Å². The predicted molar refractivity (Wildman–Crippen MR) is 167 cm³/mol. The van der Waals surface area contributed by atoms with Gasteiger partial charge in [0.25, 0.3) is 0 Å². The first-order valence-corrected chi connectivity index (χ1v) is 16.5. The van der Waals surface area contributed by atoms with Gasteiger partial charge in [0.05, 0.1) is 6.61 Å². The van der Waals surface area contributed by atoms with Crippen molar-refractivity contribution in [3.05, 3.63) is 77.6 Å². The summed E-state index contributed by atoms with van der Waals surface area (Å²) in [5, 5.41) is 0. The molecule has 3 aromatic carbocycles. The van der Waals surface area contributed by atoms with Crippen LogP contribution in [0.15, 0.2) is 54.6 Å².